The average Bonchev–Trinajstić information content (AvgIpc) is 1.92. The Labute approximate surface area is 82.9 Å². The van der Waals surface area contributed by atoms with Gasteiger partial charge in [0.1, 0.15) is 0 Å². The van der Waals surface area contributed by atoms with Crippen LogP contribution in [0.2, 0.25) is 0 Å². The summed E-state index contributed by atoms with van der Waals surface area (Å²) >= 11 is 0. The van der Waals surface area contributed by atoms with Crippen molar-refractivity contribution in [3.8, 4) is 0 Å². The van der Waals surface area contributed by atoms with Gasteiger partial charge in [-0.15, -0.1) is 0 Å². The fraction of sp³-hybridized carbons (Fsp3) is 0.143. The van der Waals surface area contributed by atoms with Crippen molar-refractivity contribution in [2.45, 2.75) is 6.18 Å². The molecule has 0 radical (unpaired) electrons. The minimum absolute atomic E-state index is 0. The molecule has 0 aliphatic carbocycles. The maximum absolute atomic E-state index is 12.2. The number of alkyl halides is 3. The zero-order chi connectivity index (χ0) is 9.35. The first-order valence-corrected chi connectivity index (χ1v) is 2.93. The Morgan fingerprint density at radius 3 is 1.85 bits per heavy atom. The minimum atomic E-state index is -4.63. The summed E-state index contributed by atoms with van der Waals surface area (Å²) in [7, 11) is 0. The van der Waals surface area contributed by atoms with Gasteiger partial charge in [0.2, 0.25) is 0 Å². The van der Waals surface area contributed by atoms with Crippen molar-refractivity contribution in [3.05, 3.63) is 35.4 Å². The predicted octanol–water partition coefficient (Wildman–Crippen LogP) is 2.34. The third kappa shape index (κ3) is 3.01. The summed E-state index contributed by atoms with van der Waals surface area (Å²) in [4.78, 5) is 0. The molecular weight excluding hydrogens is 186 g/mol. The molecule has 0 amide bonds. The van der Waals surface area contributed by atoms with Gasteiger partial charge in [0, 0.05) is 0 Å². The average molecular weight is 190 g/mol. The maximum atomic E-state index is 12.2. The van der Waals surface area contributed by atoms with Crippen molar-refractivity contribution in [2.75, 3.05) is 0 Å². The van der Waals surface area contributed by atoms with Crippen molar-refractivity contribution >= 4 is 18.9 Å². The van der Waals surface area contributed by atoms with E-state index in [0.29, 0.717) is 12.1 Å². The molecule has 6 heteroatoms. The molecule has 0 heterocycles. The molecule has 0 fully saturated rings. The van der Waals surface area contributed by atoms with Gasteiger partial charge in [-0.1, -0.05) is 0 Å². The predicted molar refractivity (Wildman–Crippen MR) is 38.5 cm³/mol. The molecule has 13 heavy (non-hydrogen) atoms. The van der Waals surface area contributed by atoms with Gasteiger partial charge in [0.05, 0.1) is 5.56 Å². The van der Waals surface area contributed by atoms with Crippen LogP contribution < -0.4 is 0 Å². The van der Waals surface area contributed by atoms with Gasteiger partial charge in [-0.3, -0.25) is 0 Å². The van der Waals surface area contributed by atoms with Crippen LogP contribution in [0.15, 0.2) is 18.2 Å². The molecule has 0 aliphatic rings. The van der Waals surface area contributed by atoms with E-state index in [9.17, 15) is 22.0 Å². The van der Waals surface area contributed by atoms with Crippen LogP contribution in [-0.4, -0.2) is 18.9 Å². The number of hydrogen-bond donors (Lipinski definition) is 0. The third-order valence-electron chi connectivity index (χ3n) is 1.25. The summed E-state index contributed by atoms with van der Waals surface area (Å²) in [6.07, 6.45) is -4.63. The van der Waals surface area contributed by atoms with Crippen molar-refractivity contribution in [3.63, 3.8) is 0 Å². The molecule has 0 N–H and O–H groups in total. The Bertz CT molecular complexity index is 293. The van der Waals surface area contributed by atoms with E-state index >= 15 is 0 Å². The Hall–Kier alpha value is -0.533. The summed E-state index contributed by atoms with van der Waals surface area (Å²) in [6.45, 7) is 0. The van der Waals surface area contributed by atoms with E-state index in [0.717, 1.165) is 0 Å². The summed E-state index contributed by atoms with van der Waals surface area (Å²) in [5, 5.41) is 0. The van der Waals surface area contributed by atoms with E-state index in [4.69, 9.17) is 0 Å². The van der Waals surface area contributed by atoms with Crippen LogP contribution in [0.5, 0.6) is 0 Å². The normalized spacial score (nSPS) is 10.8. The van der Waals surface area contributed by atoms with E-state index in [2.05, 4.69) is 0 Å². The molecule has 0 saturated carbocycles. The molecule has 0 aromatic heterocycles. The molecule has 1 aromatic rings. The van der Waals surface area contributed by atoms with Crippen LogP contribution in [-0.2, 0) is 6.18 Å². The van der Waals surface area contributed by atoms with E-state index in [1.54, 1.807) is 0 Å². The standard InChI is InChI=1S/C7H3F5.Li.H/c8-5-2-1-4(3-6(5)9)7(10,11)12;;/h1-3H;;. The van der Waals surface area contributed by atoms with Crippen molar-refractivity contribution in [2.24, 2.45) is 0 Å². The van der Waals surface area contributed by atoms with Gasteiger partial charge < -0.3 is 0 Å². The molecule has 0 spiro atoms. The molecular formula is C7H4F5Li. The van der Waals surface area contributed by atoms with Gasteiger partial charge in [-0.05, 0) is 18.2 Å². The summed E-state index contributed by atoms with van der Waals surface area (Å²) in [6, 6.07) is 1.05. The zero-order valence-electron chi connectivity index (χ0n) is 5.62. The van der Waals surface area contributed by atoms with Crippen LogP contribution in [0.4, 0.5) is 22.0 Å². The molecule has 1 aromatic carbocycles. The second-order valence-electron chi connectivity index (χ2n) is 2.13. The quantitative estimate of drug-likeness (QED) is 0.435. The van der Waals surface area contributed by atoms with Gasteiger partial charge in [-0.25, -0.2) is 8.78 Å². The fourth-order valence-corrected chi connectivity index (χ4v) is 0.672. The van der Waals surface area contributed by atoms with Crippen LogP contribution in [0.25, 0.3) is 0 Å². The molecule has 1 rings (SSSR count). The molecule has 0 atom stereocenters. The van der Waals surface area contributed by atoms with Crippen LogP contribution >= 0.6 is 0 Å². The van der Waals surface area contributed by atoms with E-state index in [1.807, 2.05) is 0 Å². The summed E-state index contributed by atoms with van der Waals surface area (Å²) in [5.74, 6) is -2.78. The Balaban J connectivity index is 0.00000144. The Morgan fingerprint density at radius 1 is 0.923 bits per heavy atom. The van der Waals surface area contributed by atoms with Crippen LogP contribution in [0.1, 0.15) is 5.56 Å². The van der Waals surface area contributed by atoms with Crippen molar-refractivity contribution < 1.29 is 22.0 Å². The summed E-state index contributed by atoms with van der Waals surface area (Å²) < 4.78 is 59.8. The summed E-state index contributed by atoms with van der Waals surface area (Å²) in [5.41, 5.74) is -1.19. The van der Waals surface area contributed by atoms with Gasteiger partial charge in [-0.2, -0.15) is 13.2 Å². The van der Waals surface area contributed by atoms with Crippen molar-refractivity contribution in [1.29, 1.82) is 0 Å². The second-order valence-corrected chi connectivity index (χ2v) is 2.13. The number of rotatable bonds is 0. The fourth-order valence-electron chi connectivity index (χ4n) is 0.672. The topological polar surface area (TPSA) is 0 Å². The van der Waals surface area contributed by atoms with E-state index in [-0.39, 0.29) is 24.9 Å². The molecule has 0 aliphatic heterocycles. The number of hydrogen-bond acceptors (Lipinski definition) is 0. The molecule has 0 nitrogen and oxygen atoms in total. The Morgan fingerprint density at radius 2 is 1.46 bits per heavy atom. The van der Waals surface area contributed by atoms with E-state index < -0.39 is 23.4 Å². The number of halogens is 5. The van der Waals surface area contributed by atoms with Crippen LogP contribution in [0, 0.1) is 11.6 Å². The first-order chi connectivity index (χ1) is 5.41. The molecule has 0 saturated heterocycles. The molecule has 0 bridgehead atoms. The molecule has 0 unspecified atom stereocenters. The number of benzene rings is 1. The van der Waals surface area contributed by atoms with Gasteiger partial charge in [0.15, 0.2) is 11.6 Å². The zero-order valence-corrected chi connectivity index (χ0v) is 5.62. The van der Waals surface area contributed by atoms with Gasteiger partial charge >= 0.3 is 25.0 Å². The van der Waals surface area contributed by atoms with Crippen LogP contribution in [0.3, 0.4) is 0 Å². The van der Waals surface area contributed by atoms with E-state index in [1.165, 1.54) is 0 Å². The van der Waals surface area contributed by atoms with Crippen molar-refractivity contribution in [1.82, 2.24) is 0 Å². The third-order valence-corrected chi connectivity index (χ3v) is 1.25. The van der Waals surface area contributed by atoms with Gasteiger partial charge in [0.25, 0.3) is 0 Å². The first kappa shape index (κ1) is 12.5. The first-order valence-electron chi connectivity index (χ1n) is 2.93. The SMILES string of the molecule is Fc1ccc(C(F)(F)F)cc1F.[LiH]. The monoisotopic (exact) mass is 190 g/mol. The molecule has 68 valence electrons. The Kier molecular flexibility index (Phi) is 3.95. The second kappa shape index (κ2) is 4.12.